The number of nitrogens with one attached hydrogen (secondary N) is 1. The van der Waals surface area contributed by atoms with Crippen molar-refractivity contribution in [1.82, 2.24) is 15.5 Å². The molecule has 0 saturated carbocycles. The third-order valence-electron chi connectivity index (χ3n) is 2.44. The Morgan fingerprint density at radius 1 is 1.28 bits per heavy atom. The molecule has 1 aromatic carbocycles. The Labute approximate surface area is 105 Å². The molecule has 0 spiro atoms. The third kappa shape index (κ3) is 3.69. The molecule has 0 atom stereocenters. The van der Waals surface area contributed by atoms with Crippen molar-refractivity contribution < 1.29 is 9.21 Å². The van der Waals surface area contributed by atoms with Gasteiger partial charge in [0.1, 0.15) is 0 Å². The molecule has 2 rings (SSSR count). The fraction of sp³-hybridized carbons (Fsp3) is 0.308. The van der Waals surface area contributed by atoms with Crippen LogP contribution in [0.25, 0.3) is 0 Å². The highest BCUT2D eigenvalue weighted by Gasteiger charge is 2.05. The fourth-order valence-electron chi connectivity index (χ4n) is 1.59. The lowest BCUT2D eigenvalue weighted by Crippen LogP contribution is -2.27. The molecule has 0 aliphatic carbocycles. The van der Waals surface area contributed by atoms with Crippen LogP contribution < -0.4 is 5.32 Å². The maximum absolute atomic E-state index is 11.6. The summed E-state index contributed by atoms with van der Waals surface area (Å²) < 4.78 is 5.21. The summed E-state index contributed by atoms with van der Waals surface area (Å²) in [6.45, 7) is 2.25. The lowest BCUT2D eigenvalue weighted by atomic mass is 10.1. The highest BCUT2D eigenvalue weighted by Crippen LogP contribution is 2.00. The van der Waals surface area contributed by atoms with E-state index in [1.165, 1.54) is 0 Å². The zero-order valence-electron chi connectivity index (χ0n) is 10.2. The molecule has 0 radical (unpaired) electrons. The van der Waals surface area contributed by atoms with E-state index in [2.05, 4.69) is 15.5 Å². The first-order chi connectivity index (χ1) is 8.74. The minimum absolute atomic E-state index is 0.00237. The number of benzene rings is 1. The summed E-state index contributed by atoms with van der Waals surface area (Å²) in [5, 5.41) is 10.4. The van der Waals surface area contributed by atoms with Crippen LogP contribution in [0.15, 0.2) is 34.7 Å². The van der Waals surface area contributed by atoms with Crippen molar-refractivity contribution in [1.29, 1.82) is 0 Å². The number of rotatable bonds is 5. The van der Waals surface area contributed by atoms with E-state index in [0.29, 0.717) is 31.2 Å². The Kier molecular flexibility index (Phi) is 4.06. The van der Waals surface area contributed by atoms with Gasteiger partial charge in [0, 0.05) is 19.9 Å². The van der Waals surface area contributed by atoms with Crippen LogP contribution in [-0.4, -0.2) is 22.6 Å². The van der Waals surface area contributed by atoms with E-state index in [-0.39, 0.29) is 5.91 Å². The van der Waals surface area contributed by atoms with E-state index >= 15 is 0 Å². The smallest absolute Gasteiger partial charge is 0.224 e. The second-order valence-corrected chi connectivity index (χ2v) is 3.98. The van der Waals surface area contributed by atoms with Crippen molar-refractivity contribution in [2.24, 2.45) is 0 Å². The maximum Gasteiger partial charge on any atom is 0.224 e. The highest BCUT2D eigenvalue weighted by molar-refractivity contribution is 5.78. The number of hydrogen-bond donors (Lipinski definition) is 1. The van der Waals surface area contributed by atoms with Crippen LogP contribution in [-0.2, 0) is 17.6 Å². The zero-order valence-corrected chi connectivity index (χ0v) is 10.2. The van der Waals surface area contributed by atoms with E-state index in [0.717, 1.165) is 5.56 Å². The molecule has 0 aliphatic heterocycles. The molecule has 1 amide bonds. The second-order valence-electron chi connectivity index (χ2n) is 3.98. The van der Waals surface area contributed by atoms with Gasteiger partial charge >= 0.3 is 0 Å². The summed E-state index contributed by atoms with van der Waals surface area (Å²) in [5.74, 6) is 1.09. The molecule has 94 valence electrons. The number of carbonyl (C=O) groups is 1. The first-order valence-electron chi connectivity index (χ1n) is 5.83. The Morgan fingerprint density at radius 3 is 2.72 bits per heavy atom. The molecule has 18 heavy (non-hydrogen) atoms. The van der Waals surface area contributed by atoms with Gasteiger partial charge in [-0.05, 0) is 5.56 Å². The number of aromatic nitrogens is 2. The van der Waals surface area contributed by atoms with Gasteiger partial charge in [0.2, 0.25) is 17.7 Å². The summed E-state index contributed by atoms with van der Waals surface area (Å²) in [7, 11) is 0. The third-order valence-corrected chi connectivity index (χ3v) is 2.44. The van der Waals surface area contributed by atoms with Crippen LogP contribution in [0.1, 0.15) is 17.3 Å². The van der Waals surface area contributed by atoms with Gasteiger partial charge in [-0.3, -0.25) is 4.79 Å². The number of nitrogens with zero attached hydrogens (tertiary/aromatic N) is 2. The molecular weight excluding hydrogens is 230 g/mol. The summed E-state index contributed by atoms with van der Waals surface area (Å²) >= 11 is 0. The SMILES string of the molecule is Cc1nnc(CCNC(=O)Cc2ccccc2)o1. The van der Waals surface area contributed by atoms with Crippen molar-refractivity contribution in [3.05, 3.63) is 47.7 Å². The predicted octanol–water partition coefficient (Wildman–Crippen LogP) is 1.28. The van der Waals surface area contributed by atoms with Gasteiger partial charge < -0.3 is 9.73 Å². The lowest BCUT2D eigenvalue weighted by Gasteiger charge is -2.03. The van der Waals surface area contributed by atoms with Crippen LogP contribution in [0.4, 0.5) is 0 Å². The number of aryl methyl sites for hydroxylation is 1. The van der Waals surface area contributed by atoms with Gasteiger partial charge in [0.15, 0.2) is 0 Å². The maximum atomic E-state index is 11.6. The van der Waals surface area contributed by atoms with E-state index < -0.39 is 0 Å². The fourth-order valence-corrected chi connectivity index (χ4v) is 1.59. The van der Waals surface area contributed by atoms with Crippen LogP contribution in [0.2, 0.25) is 0 Å². The molecule has 0 aliphatic rings. The predicted molar refractivity (Wildman–Crippen MR) is 65.9 cm³/mol. The zero-order chi connectivity index (χ0) is 12.8. The van der Waals surface area contributed by atoms with E-state index in [4.69, 9.17) is 4.42 Å². The van der Waals surface area contributed by atoms with Crippen LogP contribution in [0.3, 0.4) is 0 Å². The van der Waals surface area contributed by atoms with E-state index in [1.807, 2.05) is 30.3 Å². The second kappa shape index (κ2) is 5.95. The monoisotopic (exact) mass is 245 g/mol. The Balaban J connectivity index is 1.72. The Morgan fingerprint density at radius 2 is 2.06 bits per heavy atom. The average molecular weight is 245 g/mol. The van der Waals surface area contributed by atoms with Crippen molar-refractivity contribution in [2.75, 3.05) is 6.54 Å². The molecule has 5 nitrogen and oxygen atoms in total. The van der Waals surface area contributed by atoms with Crippen molar-refractivity contribution >= 4 is 5.91 Å². The minimum atomic E-state index is -0.00237. The van der Waals surface area contributed by atoms with Gasteiger partial charge in [-0.15, -0.1) is 10.2 Å². The summed E-state index contributed by atoms with van der Waals surface area (Å²) in [6.07, 6.45) is 0.949. The van der Waals surface area contributed by atoms with E-state index in [9.17, 15) is 4.79 Å². The molecule has 5 heteroatoms. The van der Waals surface area contributed by atoms with Gasteiger partial charge in [0.25, 0.3) is 0 Å². The Bertz CT molecular complexity index is 508. The van der Waals surface area contributed by atoms with Gasteiger partial charge in [0.05, 0.1) is 6.42 Å². The van der Waals surface area contributed by atoms with Crippen molar-refractivity contribution in [3.63, 3.8) is 0 Å². The van der Waals surface area contributed by atoms with E-state index in [1.54, 1.807) is 6.92 Å². The summed E-state index contributed by atoms with van der Waals surface area (Å²) in [5.41, 5.74) is 1.00. The minimum Gasteiger partial charge on any atom is -0.426 e. The molecule has 0 unspecified atom stereocenters. The molecule has 0 bridgehead atoms. The summed E-state index contributed by atoms with van der Waals surface area (Å²) in [6, 6.07) is 9.63. The van der Waals surface area contributed by atoms with Gasteiger partial charge in [-0.2, -0.15) is 0 Å². The van der Waals surface area contributed by atoms with Crippen LogP contribution >= 0.6 is 0 Å². The molecule has 2 aromatic rings. The standard InChI is InChI=1S/C13H15N3O2/c1-10-15-16-13(18-10)7-8-14-12(17)9-11-5-3-2-4-6-11/h2-6H,7-9H2,1H3,(H,14,17). The summed E-state index contributed by atoms with van der Waals surface area (Å²) in [4.78, 5) is 11.6. The molecular formula is C13H15N3O2. The Hall–Kier alpha value is -2.17. The average Bonchev–Trinajstić information content (AvgIpc) is 2.76. The molecule has 1 N–H and O–H groups in total. The number of amides is 1. The molecule has 1 heterocycles. The normalized spacial score (nSPS) is 10.3. The lowest BCUT2D eigenvalue weighted by molar-refractivity contribution is -0.120. The molecule has 0 fully saturated rings. The topological polar surface area (TPSA) is 68.0 Å². The van der Waals surface area contributed by atoms with Crippen molar-refractivity contribution in [2.45, 2.75) is 19.8 Å². The number of hydrogen-bond acceptors (Lipinski definition) is 4. The molecule has 1 aromatic heterocycles. The number of carbonyl (C=O) groups excluding carboxylic acids is 1. The first-order valence-corrected chi connectivity index (χ1v) is 5.83. The highest BCUT2D eigenvalue weighted by atomic mass is 16.4. The van der Waals surface area contributed by atoms with Gasteiger partial charge in [-0.1, -0.05) is 30.3 Å². The molecule has 0 saturated heterocycles. The van der Waals surface area contributed by atoms with Crippen LogP contribution in [0.5, 0.6) is 0 Å². The van der Waals surface area contributed by atoms with Crippen molar-refractivity contribution in [3.8, 4) is 0 Å². The van der Waals surface area contributed by atoms with Crippen LogP contribution in [0, 0.1) is 6.92 Å². The van der Waals surface area contributed by atoms with Gasteiger partial charge in [-0.25, -0.2) is 0 Å². The quantitative estimate of drug-likeness (QED) is 0.861. The first kappa shape index (κ1) is 12.3. The largest absolute Gasteiger partial charge is 0.426 e.